The molecule has 0 spiro atoms. The topological polar surface area (TPSA) is 106 Å². The number of morpholine rings is 1. The summed E-state index contributed by atoms with van der Waals surface area (Å²) in [7, 11) is 0. The molecule has 0 bridgehead atoms. The zero-order chi connectivity index (χ0) is 21.1. The van der Waals surface area contributed by atoms with Crippen LogP contribution in [0.1, 0.15) is 34.9 Å². The van der Waals surface area contributed by atoms with Crippen molar-refractivity contribution < 1.29 is 9.84 Å². The Labute approximate surface area is 177 Å². The molecule has 3 heterocycles. The number of ether oxygens (including phenoxy) is 1. The van der Waals surface area contributed by atoms with E-state index in [4.69, 9.17) is 10.1 Å². The number of rotatable bonds is 5. The zero-order valence-electron chi connectivity index (χ0n) is 17.6. The van der Waals surface area contributed by atoms with Crippen LogP contribution in [0.25, 0.3) is 0 Å². The summed E-state index contributed by atoms with van der Waals surface area (Å²) in [5.74, 6) is 2.36. The van der Waals surface area contributed by atoms with Crippen molar-refractivity contribution in [3.63, 3.8) is 0 Å². The normalized spacial score (nSPS) is 22.0. The summed E-state index contributed by atoms with van der Waals surface area (Å²) in [5, 5.41) is 25.0. The van der Waals surface area contributed by atoms with Crippen molar-refractivity contribution in [2.24, 2.45) is 0 Å². The molecular weight excluding hydrogens is 380 g/mol. The number of β-amino-alcohol motifs (C(OH)–C–C–N with tert-alkyl or cyclic N) is 1. The molecule has 2 aliphatic heterocycles. The number of aromatic nitrogens is 2. The fourth-order valence-corrected chi connectivity index (χ4v) is 4.29. The van der Waals surface area contributed by atoms with Gasteiger partial charge in [-0.3, -0.25) is 0 Å². The Kier molecular flexibility index (Phi) is 6.26. The van der Waals surface area contributed by atoms with E-state index in [-0.39, 0.29) is 5.92 Å². The molecule has 2 saturated heterocycles. The van der Waals surface area contributed by atoms with Gasteiger partial charge in [-0.2, -0.15) is 0 Å². The van der Waals surface area contributed by atoms with Gasteiger partial charge in [-0.15, -0.1) is 0 Å². The fraction of sp³-hybridized carbons (Fsp3) is 0.500. The second-order valence-corrected chi connectivity index (χ2v) is 7.99. The summed E-state index contributed by atoms with van der Waals surface area (Å²) in [6, 6.07) is 6.03. The predicted octanol–water partition coefficient (Wildman–Crippen LogP) is 2.11. The number of benzene rings is 1. The monoisotopic (exact) mass is 410 g/mol. The molecule has 0 amide bonds. The standard InChI is InChI=1S/C22H30N6O2/c1-14-9-16(12-23)19(10-18(14)17-3-4-24-13-20(17)29)27-21-11-22(26-15(2)25-21)28-5-7-30-8-6-28/h9-12,17,20,23-24,29H,3-8,13H2,1-2H3,(H,25,26,27). The maximum Gasteiger partial charge on any atom is 0.136 e. The van der Waals surface area contributed by atoms with Crippen LogP contribution in [0.2, 0.25) is 0 Å². The van der Waals surface area contributed by atoms with Gasteiger partial charge in [0.2, 0.25) is 0 Å². The molecule has 30 heavy (non-hydrogen) atoms. The summed E-state index contributed by atoms with van der Waals surface area (Å²) >= 11 is 0. The van der Waals surface area contributed by atoms with Crippen LogP contribution in [0, 0.1) is 19.3 Å². The van der Waals surface area contributed by atoms with E-state index in [1.165, 1.54) is 6.21 Å². The summed E-state index contributed by atoms with van der Waals surface area (Å²) in [6.07, 6.45) is 1.83. The Hall–Kier alpha value is -2.55. The van der Waals surface area contributed by atoms with Crippen molar-refractivity contribution in [1.29, 1.82) is 5.41 Å². The van der Waals surface area contributed by atoms with E-state index in [1.54, 1.807) is 0 Å². The molecule has 0 radical (unpaired) electrons. The highest BCUT2D eigenvalue weighted by Gasteiger charge is 2.26. The summed E-state index contributed by atoms with van der Waals surface area (Å²) in [6.45, 7) is 8.45. The summed E-state index contributed by atoms with van der Waals surface area (Å²) in [5.41, 5.74) is 3.83. The second kappa shape index (κ2) is 9.07. The van der Waals surface area contributed by atoms with Gasteiger partial charge in [0.05, 0.1) is 19.3 Å². The van der Waals surface area contributed by atoms with Gasteiger partial charge >= 0.3 is 0 Å². The van der Waals surface area contributed by atoms with Crippen LogP contribution in [0.3, 0.4) is 0 Å². The van der Waals surface area contributed by atoms with Crippen LogP contribution in [-0.2, 0) is 4.74 Å². The third-order valence-electron chi connectivity index (χ3n) is 5.87. The van der Waals surface area contributed by atoms with Gasteiger partial charge in [0, 0.05) is 49.1 Å². The predicted molar refractivity (Wildman–Crippen MR) is 118 cm³/mol. The SMILES string of the molecule is Cc1nc(Nc2cc(C3CCNCC3O)c(C)cc2C=N)cc(N2CCOCC2)n1. The molecule has 160 valence electrons. The minimum Gasteiger partial charge on any atom is -0.391 e. The maximum absolute atomic E-state index is 10.5. The molecule has 2 fully saturated rings. The number of aryl methyl sites for hydroxylation is 2. The van der Waals surface area contributed by atoms with Crippen molar-refractivity contribution in [3.05, 3.63) is 40.7 Å². The first kappa shape index (κ1) is 20.7. The third kappa shape index (κ3) is 4.45. The van der Waals surface area contributed by atoms with Gasteiger partial charge in [-0.25, -0.2) is 9.97 Å². The van der Waals surface area contributed by atoms with Gasteiger partial charge in [0.25, 0.3) is 0 Å². The molecule has 2 unspecified atom stereocenters. The zero-order valence-corrected chi connectivity index (χ0v) is 17.6. The van der Waals surface area contributed by atoms with E-state index in [0.29, 0.717) is 31.4 Å². The first-order valence-electron chi connectivity index (χ1n) is 10.5. The number of hydrogen-bond acceptors (Lipinski definition) is 8. The molecule has 2 aliphatic rings. The lowest BCUT2D eigenvalue weighted by atomic mass is 9.84. The van der Waals surface area contributed by atoms with E-state index < -0.39 is 6.10 Å². The van der Waals surface area contributed by atoms with Crippen molar-refractivity contribution in [1.82, 2.24) is 15.3 Å². The first-order chi connectivity index (χ1) is 14.5. The molecule has 0 aliphatic carbocycles. The number of hydrogen-bond donors (Lipinski definition) is 4. The minimum atomic E-state index is -0.412. The van der Waals surface area contributed by atoms with E-state index in [1.807, 2.05) is 26.0 Å². The molecule has 1 aromatic heterocycles. The molecule has 8 nitrogen and oxygen atoms in total. The number of nitrogens with one attached hydrogen (secondary N) is 3. The fourth-order valence-electron chi connectivity index (χ4n) is 4.29. The van der Waals surface area contributed by atoms with E-state index in [9.17, 15) is 5.11 Å². The molecule has 8 heteroatoms. The smallest absolute Gasteiger partial charge is 0.136 e. The van der Waals surface area contributed by atoms with Gasteiger partial charge < -0.3 is 30.8 Å². The Morgan fingerprint density at radius 1 is 1.23 bits per heavy atom. The van der Waals surface area contributed by atoms with Gasteiger partial charge in [-0.05, 0) is 50.1 Å². The molecule has 4 N–H and O–H groups in total. The number of piperidine rings is 1. The van der Waals surface area contributed by atoms with E-state index in [2.05, 4.69) is 31.6 Å². The molecule has 2 aromatic rings. The van der Waals surface area contributed by atoms with Crippen LogP contribution in [0.5, 0.6) is 0 Å². The Bertz CT molecular complexity index is 913. The van der Waals surface area contributed by atoms with Crippen molar-refractivity contribution in [2.75, 3.05) is 49.6 Å². The highest BCUT2D eigenvalue weighted by Crippen LogP contribution is 2.33. The van der Waals surface area contributed by atoms with Crippen LogP contribution < -0.4 is 15.5 Å². The maximum atomic E-state index is 10.5. The summed E-state index contributed by atoms with van der Waals surface area (Å²) in [4.78, 5) is 11.4. The van der Waals surface area contributed by atoms with Crippen molar-refractivity contribution >= 4 is 23.5 Å². The Morgan fingerprint density at radius 3 is 2.77 bits per heavy atom. The minimum absolute atomic E-state index is 0.0858. The highest BCUT2D eigenvalue weighted by atomic mass is 16.5. The number of anilines is 3. The average molecular weight is 411 g/mol. The summed E-state index contributed by atoms with van der Waals surface area (Å²) < 4.78 is 5.45. The van der Waals surface area contributed by atoms with Crippen LogP contribution in [0.4, 0.5) is 17.3 Å². The number of aliphatic hydroxyl groups excluding tert-OH is 1. The number of nitrogens with zero attached hydrogens (tertiary/aromatic N) is 3. The van der Waals surface area contributed by atoms with Crippen LogP contribution >= 0.6 is 0 Å². The molecule has 4 rings (SSSR count). The van der Waals surface area contributed by atoms with Crippen molar-refractivity contribution in [3.8, 4) is 0 Å². The quantitative estimate of drug-likeness (QED) is 0.559. The van der Waals surface area contributed by atoms with Gasteiger partial charge in [-0.1, -0.05) is 0 Å². The first-order valence-corrected chi connectivity index (χ1v) is 10.5. The Morgan fingerprint density at radius 2 is 2.03 bits per heavy atom. The molecule has 2 atom stereocenters. The third-order valence-corrected chi connectivity index (χ3v) is 5.87. The number of aliphatic hydroxyl groups is 1. The van der Waals surface area contributed by atoms with Gasteiger partial charge in [0.15, 0.2) is 0 Å². The lowest BCUT2D eigenvalue weighted by Gasteiger charge is -2.30. The van der Waals surface area contributed by atoms with E-state index in [0.717, 1.165) is 54.3 Å². The molecule has 1 aromatic carbocycles. The van der Waals surface area contributed by atoms with E-state index >= 15 is 0 Å². The highest BCUT2D eigenvalue weighted by molar-refractivity contribution is 5.88. The van der Waals surface area contributed by atoms with Crippen LogP contribution in [0.15, 0.2) is 18.2 Å². The lowest BCUT2D eigenvalue weighted by Crippen LogP contribution is -2.39. The largest absolute Gasteiger partial charge is 0.391 e. The van der Waals surface area contributed by atoms with Gasteiger partial charge in [0.1, 0.15) is 17.5 Å². The Balaban J connectivity index is 1.66. The average Bonchev–Trinajstić information content (AvgIpc) is 2.75. The van der Waals surface area contributed by atoms with Crippen molar-refractivity contribution in [2.45, 2.75) is 32.3 Å². The molecule has 0 saturated carbocycles. The lowest BCUT2D eigenvalue weighted by molar-refractivity contribution is 0.118. The molecular formula is C22H30N6O2. The van der Waals surface area contributed by atoms with Crippen LogP contribution in [-0.4, -0.2) is 66.8 Å². The second-order valence-electron chi connectivity index (χ2n) is 7.99.